The summed E-state index contributed by atoms with van der Waals surface area (Å²) in [6.07, 6.45) is 0. The number of ether oxygens (including phenoxy) is 1. The highest BCUT2D eigenvalue weighted by Gasteiger charge is 2.15. The van der Waals surface area contributed by atoms with Gasteiger partial charge in [0.1, 0.15) is 6.61 Å². The van der Waals surface area contributed by atoms with Crippen molar-refractivity contribution in [2.75, 3.05) is 7.05 Å². The lowest BCUT2D eigenvalue weighted by molar-refractivity contribution is -0.386. The average Bonchev–Trinajstić information content (AvgIpc) is 2.47. The van der Waals surface area contributed by atoms with E-state index in [1.54, 1.807) is 24.3 Å². The second-order valence-electron chi connectivity index (χ2n) is 4.50. The van der Waals surface area contributed by atoms with Gasteiger partial charge >= 0.3 is 5.69 Å². The molecule has 0 aromatic heterocycles. The molecule has 5 nitrogen and oxygen atoms in total. The molecule has 2 rings (SSSR count). The minimum absolute atomic E-state index is 0.0381. The SMILES string of the molecule is CNCc1ccc([N+](=O)[O-])c(OCc2ccc(Cl)cc2)c1. The number of hydrogen-bond donors (Lipinski definition) is 1. The highest BCUT2D eigenvalue weighted by atomic mass is 35.5. The third-order valence-electron chi connectivity index (χ3n) is 2.91. The summed E-state index contributed by atoms with van der Waals surface area (Å²) < 4.78 is 5.60. The van der Waals surface area contributed by atoms with Gasteiger partial charge in [-0.25, -0.2) is 0 Å². The molecule has 0 bridgehead atoms. The van der Waals surface area contributed by atoms with Crippen molar-refractivity contribution in [3.8, 4) is 5.75 Å². The molecule has 1 N–H and O–H groups in total. The van der Waals surface area contributed by atoms with Crippen LogP contribution < -0.4 is 10.1 Å². The fourth-order valence-corrected chi connectivity index (χ4v) is 2.01. The summed E-state index contributed by atoms with van der Waals surface area (Å²) in [5.41, 5.74) is 1.78. The van der Waals surface area contributed by atoms with Crippen LogP contribution >= 0.6 is 11.6 Å². The molecule has 0 aliphatic carbocycles. The van der Waals surface area contributed by atoms with E-state index in [1.165, 1.54) is 6.07 Å². The van der Waals surface area contributed by atoms with Gasteiger partial charge in [0.25, 0.3) is 0 Å². The number of benzene rings is 2. The van der Waals surface area contributed by atoms with Gasteiger partial charge in [0.2, 0.25) is 0 Å². The van der Waals surface area contributed by atoms with Crippen LogP contribution in [-0.2, 0) is 13.2 Å². The van der Waals surface area contributed by atoms with E-state index >= 15 is 0 Å². The predicted molar refractivity (Wildman–Crippen MR) is 81.6 cm³/mol. The molecule has 0 saturated carbocycles. The van der Waals surface area contributed by atoms with E-state index in [4.69, 9.17) is 16.3 Å². The average molecular weight is 307 g/mol. The molecule has 2 aromatic carbocycles. The maximum absolute atomic E-state index is 11.0. The molecular formula is C15H15ClN2O3. The first kappa shape index (κ1) is 15.3. The topological polar surface area (TPSA) is 64.4 Å². The summed E-state index contributed by atoms with van der Waals surface area (Å²) in [4.78, 5) is 10.6. The van der Waals surface area contributed by atoms with Gasteiger partial charge in [0.15, 0.2) is 5.75 Å². The smallest absolute Gasteiger partial charge is 0.310 e. The fourth-order valence-electron chi connectivity index (χ4n) is 1.88. The van der Waals surface area contributed by atoms with Crippen molar-refractivity contribution < 1.29 is 9.66 Å². The van der Waals surface area contributed by atoms with Gasteiger partial charge in [-0.2, -0.15) is 0 Å². The maximum Gasteiger partial charge on any atom is 0.310 e. The quantitative estimate of drug-likeness (QED) is 0.655. The van der Waals surface area contributed by atoms with Gasteiger partial charge in [-0.15, -0.1) is 0 Å². The molecular weight excluding hydrogens is 292 g/mol. The first-order valence-electron chi connectivity index (χ1n) is 6.39. The normalized spacial score (nSPS) is 10.4. The van der Waals surface area contributed by atoms with Gasteiger partial charge in [-0.05, 0) is 36.4 Å². The van der Waals surface area contributed by atoms with Crippen molar-refractivity contribution in [3.05, 3.63) is 68.7 Å². The molecule has 0 saturated heterocycles. The Hall–Kier alpha value is -2.11. The Labute approximate surface area is 127 Å². The molecule has 21 heavy (non-hydrogen) atoms. The lowest BCUT2D eigenvalue weighted by Crippen LogP contribution is -2.06. The van der Waals surface area contributed by atoms with Gasteiger partial charge < -0.3 is 10.1 Å². The largest absolute Gasteiger partial charge is 0.482 e. The minimum atomic E-state index is -0.444. The van der Waals surface area contributed by atoms with Crippen LogP contribution in [0.2, 0.25) is 5.02 Å². The number of hydrogen-bond acceptors (Lipinski definition) is 4. The molecule has 6 heteroatoms. The van der Waals surface area contributed by atoms with E-state index in [0.29, 0.717) is 11.6 Å². The van der Waals surface area contributed by atoms with Crippen LogP contribution in [0.1, 0.15) is 11.1 Å². The van der Waals surface area contributed by atoms with Crippen LogP contribution in [0, 0.1) is 10.1 Å². The number of rotatable bonds is 6. The van der Waals surface area contributed by atoms with Crippen molar-refractivity contribution in [2.45, 2.75) is 13.2 Å². The van der Waals surface area contributed by atoms with E-state index in [2.05, 4.69) is 5.32 Å². The highest BCUT2D eigenvalue weighted by molar-refractivity contribution is 6.30. The molecule has 0 radical (unpaired) electrons. The number of nitrogens with one attached hydrogen (secondary N) is 1. The summed E-state index contributed by atoms with van der Waals surface area (Å²) in [5.74, 6) is 0.266. The van der Waals surface area contributed by atoms with Crippen LogP contribution in [0.3, 0.4) is 0 Å². The van der Waals surface area contributed by atoms with Crippen molar-refractivity contribution in [1.82, 2.24) is 5.32 Å². The predicted octanol–water partition coefficient (Wildman–Crippen LogP) is 3.55. The van der Waals surface area contributed by atoms with E-state index in [0.717, 1.165) is 11.1 Å². The molecule has 0 unspecified atom stereocenters. The molecule has 0 aliphatic rings. The minimum Gasteiger partial charge on any atom is -0.482 e. The van der Waals surface area contributed by atoms with Crippen LogP contribution in [0.25, 0.3) is 0 Å². The Morgan fingerprint density at radius 2 is 1.86 bits per heavy atom. The Kier molecular flexibility index (Phi) is 5.14. The zero-order valence-electron chi connectivity index (χ0n) is 11.5. The highest BCUT2D eigenvalue weighted by Crippen LogP contribution is 2.28. The zero-order valence-corrected chi connectivity index (χ0v) is 12.3. The Morgan fingerprint density at radius 3 is 2.48 bits per heavy atom. The Morgan fingerprint density at radius 1 is 1.19 bits per heavy atom. The lowest BCUT2D eigenvalue weighted by atomic mass is 10.2. The molecule has 0 amide bonds. The van der Waals surface area contributed by atoms with Crippen LogP contribution in [0.5, 0.6) is 5.75 Å². The summed E-state index contributed by atoms with van der Waals surface area (Å²) in [5, 5.41) is 14.7. The van der Waals surface area contributed by atoms with Gasteiger partial charge in [-0.1, -0.05) is 29.8 Å². The number of halogens is 1. The summed E-state index contributed by atoms with van der Waals surface area (Å²) in [7, 11) is 1.82. The third kappa shape index (κ3) is 4.18. The third-order valence-corrected chi connectivity index (χ3v) is 3.16. The van der Waals surface area contributed by atoms with Crippen molar-refractivity contribution >= 4 is 17.3 Å². The molecule has 0 atom stereocenters. The molecule has 110 valence electrons. The first-order chi connectivity index (χ1) is 10.1. The number of nitrogens with zero attached hydrogens (tertiary/aromatic N) is 1. The number of nitro groups is 1. The Bertz CT molecular complexity index is 629. The second-order valence-corrected chi connectivity index (χ2v) is 4.94. The fraction of sp³-hybridized carbons (Fsp3) is 0.200. The monoisotopic (exact) mass is 306 g/mol. The van der Waals surface area contributed by atoms with E-state index < -0.39 is 4.92 Å². The van der Waals surface area contributed by atoms with Crippen molar-refractivity contribution in [1.29, 1.82) is 0 Å². The summed E-state index contributed by atoms with van der Waals surface area (Å²) in [6.45, 7) is 0.871. The van der Waals surface area contributed by atoms with E-state index in [9.17, 15) is 10.1 Å². The standard InChI is InChI=1S/C15H15ClN2O3/c1-17-9-12-4-7-14(18(19)20)15(8-12)21-10-11-2-5-13(16)6-3-11/h2-8,17H,9-10H2,1H3. The molecule has 0 aliphatic heterocycles. The van der Waals surface area contributed by atoms with Crippen LogP contribution in [0.15, 0.2) is 42.5 Å². The van der Waals surface area contributed by atoms with Gasteiger partial charge in [-0.3, -0.25) is 10.1 Å². The lowest BCUT2D eigenvalue weighted by Gasteiger charge is -2.09. The first-order valence-corrected chi connectivity index (χ1v) is 6.77. The molecule has 0 fully saturated rings. The summed E-state index contributed by atoms with van der Waals surface area (Å²) in [6, 6.07) is 12.0. The van der Waals surface area contributed by atoms with Crippen LogP contribution in [-0.4, -0.2) is 12.0 Å². The molecule has 0 heterocycles. The summed E-state index contributed by atoms with van der Waals surface area (Å²) >= 11 is 5.81. The van der Waals surface area contributed by atoms with Crippen molar-refractivity contribution in [2.24, 2.45) is 0 Å². The zero-order chi connectivity index (χ0) is 15.2. The van der Waals surface area contributed by atoms with Gasteiger partial charge in [0, 0.05) is 17.6 Å². The second kappa shape index (κ2) is 7.06. The van der Waals surface area contributed by atoms with Gasteiger partial charge in [0.05, 0.1) is 4.92 Å². The number of nitro benzene ring substituents is 1. The van der Waals surface area contributed by atoms with E-state index in [1.807, 2.05) is 19.2 Å². The van der Waals surface area contributed by atoms with E-state index in [-0.39, 0.29) is 18.0 Å². The van der Waals surface area contributed by atoms with Crippen LogP contribution in [0.4, 0.5) is 5.69 Å². The maximum atomic E-state index is 11.0. The van der Waals surface area contributed by atoms with Crippen molar-refractivity contribution in [3.63, 3.8) is 0 Å². The molecule has 2 aromatic rings. The molecule has 0 spiro atoms. The Balaban J connectivity index is 2.18.